The fourth-order valence-corrected chi connectivity index (χ4v) is 4.03. The smallest absolute Gasteiger partial charge is 0.139 e. The van der Waals surface area contributed by atoms with Gasteiger partial charge >= 0.3 is 0 Å². The summed E-state index contributed by atoms with van der Waals surface area (Å²) in [6.45, 7) is 4.39. The maximum absolute atomic E-state index is 10.5. The second-order valence-electron chi connectivity index (χ2n) is 8.84. The summed E-state index contributed by atoms with van der Waals surface area (Å²) in [6, 6.07) is 8.47. The summed E-state index contributed by atoms with van der Waals surface area (Å²) in [5.41, 5.74) is 4.92. The van der Waals surface area contributed by atoms with Crippen LogP contribution in [0.5, 0.6) is 5.75 Å². The first-order chi connectivity index (χ1) is 15.7. The van der Waals surface area contributed by atoms with Gasteiger partial charge in [-0.15, -0.1) is 0 Å². The van der Waals surface area contributed by atoms with Crippen molar-refractivity contribution in [1.82, 2.24) is 20.1 Å². The zero-order valence-corrected chi connectivity index (χ0v) is 18.4. The molecular formula is C25H30N4O3. The predicted octanol–water partition coefficient (Wildman–Crippen LogP) is 3.79. The predicted molar refractivity (Wildman–Crippen MR) is 122 cm³/mol. The third-order valence-electron chi connectivity index (χ3n) is 6.23. The highest BCUT2D eigenvalue weighted by Gasteiger charge is 2.24. The van der Waals surface area contributed by atoms with Crippen LogP contribution in [0.2, 0.25) is 0 Å². The van der Waals surface area contributed by atoms with E-state index in [0.29, 0.717) is 18.6 Å². The van der Waals surface area contributed by atoms with Gasteiger partial charge in [-0.2, -0.15) is 5.10 Å². The largest absolute Gasteiger partial charge is 0.492 e. The Hall–Kier alpha value is -2.74. The molecule has 3 aromatic rings. The fraction of sp³-hybridized carbons (Fsp3) is 0.440. The van der Waals surface area contributed by atoms with Gasteiger partial charge in [-0.1, -0.05) is 12.1 Å². The van der Waals surface area contributed by atoms with Crippen LogP contribution in [0, 0.1) is 12.8 Å². The number of rotatable bonds is 8. The van der Waals surface area contributed by atoms with Gasteiger partial charge in [0.05, 0.1) is 30.9 Å². The number of hydrogen-bond acceptors (Lipinski definition) is 6. The van der Waals surface area contributed by atoms with E-state index in [1.165, 1.54) is 0 Å². The highest BCUT2D eigenvalue weighted by Crippen LogP contribution is 2.29. The molecule has 1 saturated carbocycles. The molecule has 0 spiro atoms. The van der Waals surface area contributed by atoms with Crippen molar-refractivity contribution in [3.8, 4) is 22.6 Å². The number of nitrogens with zero attached hydrogens (tertiary/aromatic N) is 3. The normalized spacial score (nSPS) is 17.9. The van der Waals surface area contributed by atoms with Gasteiger partial charge in [0, 0.05) is 37.1 Å². The van der Waals surface area contributed by atoms with E-state index < -0.39 is 6.23 Å². The molecule has 1 aliphatic carbocycles. The van der Waals surface area contributed by atoms with Crippen LogP contribution in [-0.2, 0) is 4.74 Å². The Morgan fingerprint density at radius 1 is 1.16 bits per heavy atom. The molecule has 7 heteroatoms. The van der Waals surface area contributed by atoms with Crippen molar-refractivity contribution in [3.63, 3.8) is 0 Å². The van der Waals surface area contributed by atoms with Gasteiger partial charge in [-0.25, -0.2) is 4.68 Å². The second-order valence-corrected chi connectivity index (χ2v) is 8.84. The van der Waals surface area contributed by atoms with Crippen LogP contribution < -0.4 is 10.1 Å². The Labute approximate surface area is 188 Å². The van der Waals surface area contributed by atoms with Crippen molar-refractivity contribution in [2.24, 2.45) is 5.92 Å². The minimum atomic E-state index is -0.648. The monoisotopic (exact) mass is 434 g/mol. The molecular weight excluding hydrogens is 404 g/mol. The van der Waals surface area contributed by atoms with E-state index in [1.54, 1.807) is 12.4 Å². The first kappa shape index (κ1) is 21.1. The average molecular weight is 435 g/mol. The summed E-state index contributed by atoms with van der Waals surface area (Å²) in [6.07, 6.45) is 11.1. The van der Waals surface area contributed by atoms with Crippen LogP contribution in [0.1, 0.15) is 43.0 Å². The molecule has 5 rings (SSSR count). The molecule has 168 valence electrons. The molecule has 0 radical (unpaired) electrons. The van der Waals surface area contributed by atoms with Crippen molar-refractivity contribution in [3.05, 3.63) is 60.2 Å². The average Bonchev–Trinajstić information content (AvgIpc) is 3.50. The molecule has 1 saturated heterocycles. The Morgan fingerprint density at radius 3 is 2.81 bits per heavy atom. The lowest BCUT2D eigenvalue weighted by atomic mass is 10.00. The van der Waals surface area contributed by atoms with Crippen LogP contribution in [-0.4, -0.2) is 45.7 Å². The highest BCUT2D eigenvalue weighted by molar-refractivity contribution is 5.67. The van der Waals surface area contributed by atoms with Crippen LogP contribution in [0.4, 0.5) is 0 Å². The lowest BCUT2D eigenvalue weighted by molar-refractivity contribution is 0.0497. The van der Waals surface area contributed by atoms with Gasteiger partial charge in [-0.3, -0.25) is 10.3 Å². The summed E-state index contributed by atoms with van der Waals surface area (Å²) in [7, 11) is 0. The highest BCUT2D eigenvalue weighted by atomic mass is 16.5. The quantitative estimate of drug-likeness (QED) is 0.525. The third kappa shape index (κ3) is 5.01. The Bertz CT molecular complexity index is 1060. The zero-order valence-electron chi connectivity index (χ0n) is 18.4. The van der Waals surface area contributed by atoms with Gasteiger partial charge in [0.25, 0.3) is 0 Å². The fourth-order valence-electron chi connectivity index (χ4n) is 4.03. The molecule has 1 atom stereocenters. The number of aliphatic hydroxyl groups is 1. The molecule has 3 heterocycles. The van der Waals surface area contributed by atoms with E-state index in [2.05, 4.69) is 22.3 Å². The maximum atomic E-state index is 10.5. The van der Waals surface area contributed by atoms with Crippen LogP contribution in [0.25, 0.3) is 16.8 Å². The number of aromatic nitrogens is 3. The molecule has 1 unspecified atom stereocenters. The Morgan fingerprint density at radius 2 is 2.00 bits per heavy atom. The van der Waals surface area contributed by atoms with Crippen LogP contribution >= 0.6 is 0 Å². The number of aryl methyl sites for hydroxylation is 1. The molecule has 1 aromatic carbocycles. The van der Waals surface area contributed by atoms with E-state index >= 15 is 0 Å². The van der Waals surface area contributed by atoms with E-state index in [4.69, 9.17) is 9.47 Å². The van der Waals surface area contributed by atoms with Crippen LogP contribution in [0.15, 0.2) is 49.1 Å². The van der Waals surface area contributed by atoms with E-state index in [1.807, 2.05) is 41.3 Å². The van der Waals surface area contributed by atoms with Gasteiger partial charge in [0.1, 0.15) is 12.0 Å². The molecule has 7 nitrogen and oxygen atoms in total. The van der Waals surface area contributed by atoms with Gasteiger partial charge < -0.3 is 14.6 Å². The zero-order chi connectivity index (χ0) is 21.9. The summed E-state index contributed by atoms with van der Waals surface area (Å²) < 4.78 is 13.2. The molecule has 2 aromatic heterocycles. The molecule has 32 heavy (non-hydrogen) atoms. The standard InChI is InChI=1S/C25H30N4O3/c1-17-2-3-19(25(30)28-21-4-5-21)10-24(17)20-12-27-29(15-20)22-11-23(14-26-13-22)32-16-18-6-8-31-9-7-18/h2-3,10-15,18,21,25,28,30H,4-9,16H2,1H3. The Kier molecular flexibility index (Phi) is 6.21. The molecule has 2 fully saturated rings. The summed E-state index contributed by atoms with van der Waals surface area (Å²) in [5, 5.41) is 18.3. The number of aliphatic hydroxyl groups excluding tert-OH is 1. The molecule has 2 aliphatic rings. The van der Waals surface area contributed by atoms with E-state index in [-0.39, 0.29) is 0 Å². The van der Waals surface area contributed by atoms with Crippen molar-refractivity contribution < 1.29 is 14.6 Å². The first-order valence-corrected chi connectivity index (χ1v) is 11.4. The second kappa shape index (κ2) is 9.40. The summed E-state index contributed by atoms with van der Waals surface area (Å²) in [4.78, 5) is 4.34. The van der Waals surface area contributed by atoms with Gasteiger partial charge in [0.15, 0.2) is 0 Å². The van der Waals surface area contributed by atoms with Gasteiger partial charge in [-0.05, 0) is 61.3 Å². The van der Waals surface area contributed by atoms with Crippen molar-refractivity contribution in [2.75, 3.05) is 19.8 Å². The molecule has 1 aliphatic heterocycles. The SMILES string of the molecule is Cc1ccc(C(O)NC2CC2)cc1-c1cnn(-c2cncc(OCC3CCOCC3)c2)c1. The Balaban J connectivity index is 1.31. The molecule has 0 bridgehead atoms. The third-order valence-corrected chi connectivity index (χ3v) is 6.23. The minimum Gasteiger partial charge on any atom is -0.492 e. The van der Waals surface area contributed by atoms with E-state index in [9.17, 15) is 5.11 Å². The van der Waals surface area contributed by atoms with Crippen molar-refractivity contribution in [1.29, 1.82) is 0 Å². The minimum absolute atomic E-state index is 0.436. The first-order valence-electron chi connectivity index (χ1n) is 11.4. The number of nitrogens with one attached hydrogen (secondary N) is 1. The molecule has 2 N–H and O–H groups in total. The summed E-state index contributed by atoms with van der Waals surface area (Å²) in [5.74, 6) is 1.28. The lowest BCUT2D eigenvalue weighted by Gasteiger charge is -2.22. The lowest BCUT2D eigenvalue weighted by Crippen LogP contribution is -2.22. The number of ether oxygens (including phenoxy) is 2. The number of pyridine rings is 1. The maximum Gasteiger partial charge on any atom is 0.139 e. The van der Waals surface area contributed by atoms with E-state index in [0.717, 1.165) is 72.6 Å². The van der Waals surface area contributed by atoms with Crippen molar-refractivity contribution in [2.45, 2.75) is 44.9 Å². The topological polar surface area (TPSA) is 81.4 Å². The van der Waals surface area contributed by atoms with Gasteiger partial charge in [0.2, 0.25) is 0 Å². The number of hydrogen-bond donors (Lipinski definition) is 2. The van der Waals surface area contributed by atoms with Crippen LogP contribution in [0.3, 0.4) is 0 Å². The van der Waals surface area contributed by atoms with Crippen molar-refractivity contribution >= 4 is 0 Å². The summed E-state index contributed by atoms with van der Waals surface area (Å²) >= 11 is 0. The number of benzene rings is 1. The molecule has 0 amide bonds.